The first-order valence-electron chi connectivity index (χ1n) is 8.76. The molecular weight excluding hydrogens is 371 g/mol. The number of phenolic OH excluding ortho intramolecular Hbond substituents is 1. The molecule has 2 N–H and O–H groups in total. The van der Waals surface area contributed by atoms with Gasteiger partial charge < -0.3 is 14.4 Å². The summed E-state index contributed by atoms with van der Waals surface area (Å²) >= 11 is 0. The Morgan fingerprint density at radius 1 is 1.14 bits per heavy atom. The van der Waals surface area contributed by atoms with Gasteiger partial charge in [-0.05, 0) is 31.0 Å². The van der Waals surface area contributed by atoms with Crippen LogP contribution in [0, 0.1) is 13.8 Å². The molecule has 0 aliphatic rings. The Balaban J connectivity index is 2.49. The van der Waals surface area contributed by atoms with Gasteiger partial charge in [0.05, 0.1) is 25.0 Å². The van der Waals surface area contributed by atoms with Gasteiger partial charge in [0.1, 0.15) is 17.9 Å². The predicted molar refractivity (Wildman–Crippen MR) is 101 cm³/mol. The van der Waals surface area contributed by atoms with Gasteiger partial charge >= 0.3 is 6.18 Å². The lowest BCUT2D eigenvalue weighted by atomic mass is 9.96. The van der Waals surface area contributed by atoms with Gasteiger partial charge in [-0.15, -0.1) is 0 Å². The molecule has 148 valence electrons. The van der Waals surface area contributed by atoms with Crippen LogP contribution in [0.3, 0.4) is 0 Å². The Labute approximate surface area is 159 Å². The number of alkyl halides is 3. The van der Waals surface area contributed by atoms with Crippen molar-refractivity contribution in [1.82, 2.24) is 0 Å². The molecule has 3 rings (SSSR count). The maximum absolute atomic E-state index is 13.8. The molecule has 1 heterocycles. The van der Waals surface area contributed by atoms with Crippen LogP contribution < -0.4 is 10.3 Å². The van der Waals surface area contributed by atoms with Crippen LogP contribution in [0.25, 0.3) is 22.1 Å². The smallest absolute Gasteiger partial charge is 0.450 e. The van der Waals surface area contributed by atoms with Crippen molar-refractivity contribution >= 4 is 11.0 Å². The second-order valence-electron chi connectivity index (χ2n) is 7.22. The largest absolute Gasteiger partial charge is 0.507 e. The van der Waals surface area contributed by atoms with Crippen LogP contribution in [0.15, 0.2) is 39.5 Å². The molecule has 1 aromatic heterocycles. The Morgan fingerprint density at radius 2 is 1.79 bits per heavy atom. The van der Waals surface area contributed by atoms with Crippen molar-refractivity contribution in [2.45, 2.75) is 26.6 Å². The Hall–Kier alpha value is -2.80. The summed E-state index contributed by atoms with van der Waals surface area (Å²) in [5.74, 6) is -1.51. The van der Waals surface area contributed by atoms with E-state index in [0.29, 0.717) is 17.7 Å². The number of hydrogen-bond acceptors (Lipinski definition) is 3. The summed E-state index contributed by atoms with van der Waals surface area (Å²) in [6.07, 6.45) is -4.86. The van der Waals surface area contributed by atoms with E-state index in [9.17, 15) is 23.1 Å². The number of aryl methyl sites for hydroxylation is 2. The predicted octanol–water partition coefficient (Wildman–Crippen LogP) is 3.45. The number of phenols is 1. The van der Waals surface area contributed by atoms with Crippen LogP contribution in [0.1, 0.15) is 22.5 Å². The van der Waals surface area contributed by atoms with Gasteiger partial charge in [-0.1, -0.05) is 24.3 Å². The van der Waals surface area contributed by atoms with Gasteiger partial charge in [0.15, 0.2) is 0 Å². The number of benzene rings is 2. The average molecular weight is 392 g/mol. The van der Waals surface area contributed by atoms with E-state index >= 15 is 0 Å². The maximum Gasteiger partial charge on any atom is 0.450 e. The molecule has 0 unspecified atom stereocenters. The number of quaternary nitrogens is 1. The summed E-state index contributed by atoms with van der Waals surface area (Å²) < 4.78 is 46.5. The van der Waals surface area contributed by atoms with E-state index in [1.807, 2.05) is 14.1 Å². The first kappa shape index (κ1) is 19.9. The first-order chi connectivity index (χ1) is 13.0. The monoisotopic (exact) mass is 392 g/mol. The lowest BCUT2D eigenvalue weighted by Gasteiger charge is -2.17. The van der Waals surface area contributed by atoms with E-state index in [2.05, 4.69) is 0 Å². The number of rotatable bonds is 3. The standard InChI is InChI=1S/C21H20F3NO3/c1-11-7-5-6-8-14(11)16-18(27)15-9-13(10-25(3)4)17(26)12(2)19(15)28-20(16)21(22,23)24/h5-9,26H,10H2,1-4H3/p+1. The van der Waals surface area contributed by atoms with Gasteiger partial charge in [0.25, 0.3) is 0 Å². The SMILES string of the molecule is Cc1ccccc1-c1c(C(F)(F)F)oc2c(C)c(O)c(C[NH+](C)C)cc2c1=O. The highest BCUT2D eigenvalue weighted by molar-refractivity contribution is 5.88. The summed E-state index contributed by atoms with van der Waals surface area (Å²) in [4.78, 5) is 14.2. The van der Waals surface area contributed by atoms with Crippen LogP contribution in [0.4, 0.5) is 13.2 Å². The third-order valence-electron chi connectivity index (χ3n) is 4.68. The molecule has 7 heteroatoms. The molecule has 0 amide bonds. The summed E-state index contributed by atoms with van der Waals surface area (Å²) in [6.45, 7) is 3.49. The zero-order chi connectivity index (χ0) is 20.8. The highest BCUT2D eigenvalue weighted by atomic mass is 19.4. The summed E-state index contributed by atoms with van der Waals surface area (Å²) in [5.41, 5.74) is -0.207. The highest BCUT2D eigenvalue weighted by Crippen LogP contribution is 2.40. The molecule has 0 aliphatic heterocycles. The van der Waals surface area contributed by atoms with E-state index in [1.165, 1.54) is 19.1 Å². The van der Waals surface area contributed by atoms with Crippen LogP contribution >= 0.6 is 0 Å². The quantitative estimate of drug-likeness (QED) is 0.718. The van der Waals surface area contributed by atoms with Crippen molar-refractivity contribution in [3.63, 3.8) is 0 Å². The molecule has 4 nitrogen and oxygen atoms in total. The van der Waals surface area contributed by atoms with E-state index in [1.54, 1.807) is 25.1 Å². The number of hydrogen-bond donors (Lipinski definition) is 2. The summed E-state index contributed by atoms with van der Waals surface area (Å²) in [6, 6.07) is 7.81. The molecule has 0 saturated carbocycles. The fourth-order valence-electron chi connectivity index (χ4n) is 3.36. The molecule has 0 radical (unpaired) electrons. The molecule has 0 aliphatic carbocycles. The lowest BCUT2D eigenvalue weighted by molar-refractivity contribution is -0.872. The van der Waals surface area contributed by atoms with Gasteiger partial charge in [-0.3, -0.25) is 4.79 Å². The van der Waals surface area contributed by atoms with Gasteiger partial charge in [-0.25, -0.2) is 0 Å². The molecule has 0 saturated heterocycles. The molecular formula is C21H21F3NO3+. The second-order valence-corrected chi connectivity index (χ2v) is 7.22. The lowest BCUT2D eigenvalue weighted by Crippen LogP contribution is -3.04. The molecule has 0 spiro atoms. The number of halogens is 3. The van der Waals surface area contributed by atoms with Crippen LogP contribution in [0.5, 0.6) is 5.75 Å². The number of nitrogens with one attached hydrogen (secondary N) is 1. The topological polar surface area (TPSA) is 54.9 Å². The summed E-state index contributed by atoms with van der Waals surface area (Å²) in [7, 11) is 3.74. The number of aromatic hydroxyl groups is 1. The van der Waals surface area contributed by atoms with E-state index in [4.69, 9.17) is 4.42 Å². The zero-order valence-corrected chi connectivity index (χ0v) is 16.0. The van der Waals surface area contributed by atoms with E-state index < -0.39 is 22.9 Å². The van der Waals surface area contributed by atoms with Gasteiger partial charge in [-0.2, -0.15) is 13.2 Å². The molecule has 3 aromatic rings. The summed E-state index contributed by atoms with van der Waals surface area (Å²) in [5, 5.41) is 10.4. The third-order valence-corrected chi connectivity index (χ3v) is 4.68. The molecule has 0 atom stereocenters. The third kappa shape index (κ3) is 3.38. The normalized spacial score (nSPS) is 12.1. The minimum atomic E-state index is -4.86. The van der Waals surface area contributed by atoms with E-state index in [0.717, 1.165) is 4.90 Å². The zero-order valence-electron chi connectivity index (χ0n) is 16.0. The fourth-order valence-corrected chi connectivity index (χ4v) is 3.36. The van der Waals surface area contributed by atoms with Gasteiger partial charge in [0.2, 0.25) is 11.2 Å². The molecule has 0 bridgehead atoms. The molecule has 28 heavy (non-hydrogen) atoms. The van der Waals surface area contributed by atoms with Crippen molar-refractivity contribution in [1.29, 1.82) is 0 Å². The van der Waals surface area contributed by atoms with Crippen molar-refractivity contribution in [3.8, 4) is 16.9 Å². The van der Waals surface area contributed by atoms with Crippen LogP contribution in [-0.2, 0) is 12.7 Å². The van der Waals surface area contributed by atoms with Crippen LogP contribution in [-0.4, -0.2) is 19.2 Å². The Morgan fingerprint density at radius 3 is 2.36 bits per heavy atom. The highest BCUT2D eigenvalue weighted by Gasteiger charge is 2.40. The maximum atomic E-state index is 13.8. The minimum Gasteiger partial charge on any atom is -0.507 e. The second kappa shape index (κ2) is 6.98. The Bertz CT molecular complexity index is 1110. The van der Waals surface area contributed by atoms with Crippen molar-refractivity contribution in [2.24, 2.45) is 0 Å². The van der Waals surface area contributed by atoms with Crippen LogP contribution in [0.2, 0.25) is 0 Å². The van der Waals surface area contributed by atoms with Gasteiger partial charge in [0, 0.05) is 11.1 Å². The van der Waals surface area contributed by atoms with Crippen molar-refractivity contribution < 1.29 is 27.6 Å². The van der Waals surface area contributed by atoms with Crippen molar-refractivity contribution in [3.05, 3.63) is 63.0 Å². The average Bonchev–Trinajstić information content (AvgIpc) is 2.59. The van der Waals surface area contributed by atoms with Crippen molar-refractivity contribution in [2.75, 3.05) is 14.1 Å². The number of fused-ring (bicyclic) bond motifs is 1. The minimum absolute atomic E-state index is 0.0257. The first-order valence-corrected chi connectivity index (χ1v) is 8.76. The van der Waals surface area contributed by atoms with E-state index in [-0.39, 0.29) is 27.8 Å². The Kier molecular flexibility index (Phi) is 4.97. The molecule has 0 fully saturated rings. The molecule has 2 aromatic carbocycles. The fraction of sp³-hybridized carbons (Fsp3) is 0.286.